The van der Waals surface area contributed by atoms with Crippen molar-refractivity contribution in [3.63, 3.8) is 0 Å². The van der Waals surface area contributed by atoms with Gasteiger partial charge in [0.05, 0.1) is 12.9 Å². The third kappa shape index (κ3) is 64.3. The van der Waals surface area contributed by atoms with Crippen LogP contribution in [0.5, 0.6) is 28.7 Å². The Kier molecular flexibility index (Phi) is 64.7. The number of rotatable bonds is 20. The van der Waals surface area contributed by atoms with Gasteiger partial charge < -0.3 is 33.9 Å². The van der Waals surface area contributed by atoms with Crippen molar-refractivity contribution in [3.05, 3.63) is 371 Å². The van der Waals surface area contributed by atoms with Gasteiger partial charge in [-0.15, -0.1) is 23.9 Å². The van der Waals surface area contributed by atoms with Crippen LogP contribution in [0.2, 0.25) is 39.3 Å². The van der Waals surface area contributed by atoms with Crippen LogP contribution < -0.4 is 14.2 Å². The van der Waals surface area contributed by atoms with Gasteiger partial charge in [-0.1, -0.05) is 294 Å². The Labute approximate surface area is 824 Å². The molecule has 694 valence electrons. The number of esters is 2. The Morgan fingerprint density at radius 1 is 0.364 bits per heavy atom. The third-order valence-corrected chi connectivity index (χ3v) is 20.2. The van der Waals surface area contributed by atoms with E-state index in [0.29, 0.717) is 23.9 Å². The van der Waals surface area contributed by atoms with Gasteiger partial charge in [-0.05, 0) is 298 Å². The lowest BCUT2D eigenvalue weighted by Crippen LogP contribution is -2.16. The average molecular weight is 2020 g/mol. The number of hydrogen-bond donors (Lipinski definition) is 2. The van der Waals surface area contributed by atoms with Crippen molar-refractivity contribution in [2.45, 2.75) is 206 Å². The van der Waals surface area contributed by atoms with E-state index in [2.05, 4.69) is 331 Å². The van der Waals surface area contributed by atoms with Crippen molar-refractivity contribution in [2.75, 3.05) is 13.2 Å². The van der Waals surface area contributed by atoms with Crippen LogP contribution in [0.25, 0.3) is 0 Å². The normalized spacial score (nSPS) is 9.79. The first-order valence-electron chi connectivity index (χ1n) is 44.5. The number of aromatic hydroxyl groups is 2. The molecular weight excluding hydrogens is 1880 g/mol. The quantitative estimate of drug-likeness (QED) is 0.0144. The van der Waals surface area contributed by atoms with Gasteiger partial charge >= 0.3 is 11.9 Å². The molecule has 132 heavy (non-hydrogen) atoms. The summed E-state index contributed by atoms with van der Waals surface area (Å²) in [6.07, 6.45) is 25.5. The van der Waals surface area contributed by atoms with Crippen molar-refractivity contribution >= 4 is 92.7 Å². The molecule has 0 radical (unpaired) electrons. The van der Waals surface area contributed by atoms with Crippen molar-refractivity contribution in [3.8, 4) is 100 Å². The maximum atomic E-state index is 10.8. The molecule has 11 aromatic rings. The van der Waals surface area contributed by atoms with Gasteiger partial charge in [-0.25, -0.2) is 0 Å². The smallest absolute Gasteiger partial charge is 0.308 e. The van der Waals surface area contributed by atoms with Crippen LogP contribution >= 0.6 is 59.4 Å². The Hall–Kier alpha value is -11.5. The molecule has 1 unspecified atom stereocenters. The number of carbonyl (C=O) groups is 3. The van der Waals surface area contributed by atoms with Crippen LogP contribution in [0, 0.1) is 71.3 Å². The summed E-state index contributed by atoms with van der Waals surface area (Å²) in [5.41, 5.74) is 22.3. The van der Waals surface area contributed by atoms with Crippen LogP contribution in [0.15, 0.2) is 293 Å². The van der Waals surface area contributed by atoms with Crippen molar-refractivity contribution in [1.82, 2.24) is 0 Å². The van der Waals surface area contributed by atoms with Crippen molar-refractivity contribution in [2.24, 2.45) is 0 Å². The second kappa shape index (κ2) is 72.1. The van der Waals surface area contributed by atoms with Gasteiger partial charge in [0.1, 0.15) is 44.9 Å². The lowest BCUT2D eigenvalue weighted by molar-refractivity contribution is -0.132. The van der Waals surface area contributed by atoms with Gasteiger partial charge in [0.25, 0.3) is 0 Å². The molecular formula is C116H134Br3ClO10Si2. The summed E-state index contributed by atoms with van der Waals surface area (Å²) >= 11 is 14.5. The van der Waals surface area contributed by atoms with Gasteiger partial charge in [-0.2, -0.15) is 0 Å². The molecule has 0 aliphatic carbocycles. The zero-order valence-electron chi connectivity index (χ0n) is 80.5. The van der Waals surface area contributed by atoms with Crippen LogP contribution in [0.1, 0.15) is 199 Å². The van der Waals surface area contributed by atoms with E-state index < -0.39 is 16.1 Å². The molecule has 0 aliphatic heterocycles. The highest BCUT2D eigenvalue weighted by Gasteiger charge is 2.09. The molecule has 1 atom stereocenters. The molecule has 11 rings (SSSR count). The number of phenols is 2. The highest BCUT2D eigenvalue weighted by Crippen LogP contribution is 2.20. The predicted octanol–water partition coefficient (Wildman–Crippen LogP) is 30.4. The number of phenolic OH excluding ortho intramolecular Hbond substituents is 2. The highest BCUT2D eigenvalue weighted by molar-refractivity contribution is 9.11. The lowest BCUT2D eigenvalue weighted by atomic mass is 10.1. The molecule has 0 aromatic heterocycles. The number of ether oxygens (including phenoxy) is 5. The summed E-state index contributed by atoms with van der Waals surface area (Å²) in [6, 6.07) is 86.3. The first-order chi connectivity index (χ1) is 63.0. The van der Waals surface area contributed by atoms with E-state index in [4.69, 9.17) is 36.9 Å². The van der Waals surface area contributed by atoms with Gasteiger partial charge in [0, 0.05) is 85.3 Å². The minimum Gasteiger partial charge on any atom is -0.508 e. The second-order valence-corrected chi connectivity index (χ2v) is 44.2. The van der Waals surface area contributed by atoms with Crippen LogP contribution in [0.4, 0.5) is 0 Å². The fourth-order valence-electron chi connectivity index (χ4n) is 10.5. The van der Waals surface area contributed by atoms with Crippen LogP contribution in [-0.4, -0.2) is 63.0 Å². The third-order valence-electron chi connectivity index (χ3n) is 16.9. The summed E-state index contributed by atoms with van der Waals surface area (Å²) in [4.78, 5) is 30.5. The van der Waals surface area contributed by atoms with Crippen molar-refractivity contribution < 1.29 is 48.3 Å². The van der Waals surface area contributed by atoms with Crippen molar-refractivity contribution in [1.29, 1.82) is 0 Å². The summed E-state index contributed by atoms with van der Waals surface area (Å²) in [5, 5.41) is 17.5. The maximum absolute atomic E-state index is 10.8. The topological polar surface area (TPSA) is 138 Å². The van der Waals surface area contributed by atoms with E-state index in [1.54, 1.807) is 60.7 Å². The summed E-state index contributed by atoms with van der Waals surface area (Å²) in [6.45, 7) is 40.9. The fourth-order valence-corrected chi connectivity index (χ4v) is 11.8. The molecule has 11 aromatic carbocycles. The Bertz CT molecular complexity index is 5360. The van der Waals surface area contributed by atoms with E-state index in [0.717, 1.165) is 102 Å². The molecule has 16 heteroatoms. The van der Waals surface area contributed by atoms with E-state index in [1.165, 1.54) is 105 Å². The standard InChI is InChI=1S/C21H24O2.C19H18O2.C17H16O.C14H20Si.C11H12.C9H11Br.C8H7BrO2.C6H5BrO.C5H10Si.C4H8O.C2H3ClO/c1-4-6-18-7-9-19(10-8-18)11-12-20-13-15-21(16-14-20)23-17(3)22-5-2;1-3-4-16-5-7-17(8-6-16)9-10-18-11-13-19(14-12-18)21-15(2)20;1-2-3-14-4-6-15(7-5-14)8-9-16-10-12-17(18)13-11-16;1-5-6-13-7-9-14(10-8-13)11-12-15(2,3)4;1-3-5-11-8-6-10(4-2)7-9-11;1-2-3-8-4-6-9(10)7-5-8;1-6(10)11-8-4-2-7(9)3-5-8;7-5-1-3-6(8)4-2-5;1-5-6(2,3)4;1-3-5-4-2;1-2(3)4/h7-10,13-17H,4-6H2,1-3H3;5-8,11-14H,3-4H2,1-2H3;4-7,10-13,18H,2-3H2,1H3;7-10H,5-6H2,1-4H3;2,6-9H,3,5H2,1H3;4-7H,2-3H2,1H3;2-5H,1H3;1-4,8H;1H,2-4H3;3H,1,4H2,2H3;1H3. The van der Waals surface area contributed by atoms with Gasteiger partial charge in [-0.3, -0.25) is 14.4 Å². The number of terminal acetylenes is 2. The molecule has 0 aliphatic rings. The van der Waals surface area contributed by atoms with Crippen LogP contribution in [-0.2, 0) is 62.4 Å². The minimum atomic E-state index is -1.23. The molecule has 2 N–H and O–H groups in total. The van der Waals surface area contributed by atoms with Gasteiger partial charge in [0.2, 0.25) is 5.24 Å². The molecule has 0 bridgehead atoms. The highest BCUT2D eigenvalue weighted by atomic mass is 79.9. The number of carbonyl (C=O) groups excluding carboxylic acids is 3. The van der Waals surface area contributed by atoms with Gasteiger partial charge in [0.15, 0.2) is 6.29 Å². The first kappa shape index (κ1) is 118. The van der Waals surface area contributed by atoms with E-state index >= 15 is 0 Å². The number of halogens is 4. The van der Waals surface area contributed by atoms with Crippen LogP contribution in [0.3, 0.4) is 0 Å². The monoisotopic (exact) mass is 2010 g/mol. The summed E-state index contributed by atoms with van der Waals surface area (Å²) in [5.74, 6) is 26.5. The van der Waals surface area contributed by atoms with E-state index in [-0.39, 0.29) is 29.2 Å². The second-order valence-electron chi connectivity index (χ2n) is 31.3. The van der Waals surface area contributed by atoms with E-state index in [1.807, 2.05) is 106 Å². The molecule has 0 heterocycles. The molecule has 10 nitrogen and oxygen atoms in total. The molecule has 0 amide bonds. The number of benzene rings is 11. The molecule has 0 saturated heterocycles. The molecule has 0 saturated carbocycles. The maximum Gasteiger partial charge on any atom is 0.308 e. The number of aryl methyl sites for hydroxylation is 6. The van der Waals surface area contributed by atoms with E-state index in [9.17, 15) is 19.5 Å². The average Bonchev–Trinajstić information content (AvgIpc) is 0.890. The summed E-state index contributed by atoms with van der Waals surface area (Å²) in [7, 11) is -2.33. The largest absolute Gasteiger partial charge is 0.508 e. The Morgan fingerprint density at radius 3 is 0.803 bits per heavy atom. The lowest BCUT2D eigenvalue weighted by Gasteiger charge is -2.13. The molecule has 0 fully saturated rings. The minimum absolute atomic E-state index is 0.237. The Morgan fingerprint density at radius 2 is 0.583 bits per heavy atom. The predicted molar refractivity (Wildman–Crippen MR) is 572 cm³/mol. The number of hydrogen-bond acceptors (Lipinski definition) is 10. The summed E-state index contributed by atoms with van der Waals surface area (Å²) < 4.78 is 28.5. The SMILES string of the molecule is C#C[Si](C)(C)C.C#Cc1ccc(CCC)cc1.C=COCC.CC(=O)Cl.CC(=O)Oc1ccc(Br)cc1.CCCc1ccc(Br)cc1.CCCc1ccc(C#C[Si](C)(C)C)cc1.CCCc1ccc(C#Cc2ccc(O)cc2)cc1.CCCc1ccc(C#Cc2ccc(OC(C)=O)cc2)cc1.CCCc1ccc(C#Cc2ccc(OC(C)OCC)cc2)cc1.Oc1ccc(Br)cc1. The Balaban J connectivity index is 0.000000750. The zero-order chi connectivity index (χ0) is 98.3. The first-order valence-corrected chi connectivity index (χ1v) is 54.3. The zero-order valence-corrected chi connectivity index (χ0v) is 88.0. The fraction of sp³-hybridized carbons (Fsp3) is 0.284. The molecule has 0 spiro atoms.